The van der Waals surface area contributed by atoms with Crippen LogP contribution in [0.15, 0.2) is 38.9 Å². The van der Waals surface area contributed by atoms with Crippen molar-refractivity contribution < 1.29 is 4.79 Å². The minimum absolute atomic E-state index is 0.115. The number of carbonyl (C=O) groups is 1. The molecule has 0 saturated heterocycles. The van der Waals surface area contributed by atoms with Gasteiger partial charge >= 0.3 is 0 Å². The first-order valence-electron chi connectivity index (χ1n) is 4.54. The molecule has 2 heterocycles. The second-order valence-corrected chi connectivity index (χ2v) is 6.42. The average Bonchev–Trinajstić information content (AvgIpc) is 2.61. The minimum Gasteiger partial charge on any atom is -0.293 e. The highest BCUT2D eigenvalue weighted by Gasteiger charge is 2.12. The number of nitrogens with zero attached hydrogens (tertiary/aromatic N) is 1. The Morgan fingerprint density at radius 2 is 2.25 bits per heavy atom. The summed E-state index contributed by atoms with van der Waals surface area (Å²) < 4.78 is 1.87. The lowest BCUT2D eigenvalue weighted by Crippen LogP contribution is -2.01. The number of ketones is 1. The van der Waals surface area contributed by atoms with E-state index >= 15 is 0 Å². The minimum atomic E-state index is 0.115. The highest BCUT2D eigenvalue weighted by molar-refractivity contribution is 9.13. The SMILES string of the molecule is O=C(Cc1cccnc1)c1cc(Br)c(Br)s1. The standard InChI is InChI=1S/C11H7Br2NOS/c12-8-5-10(16-11(8)13)9(15)4-7-2-1-3-14-6-7/h1-3,5-6H,4H2. The molecule has 0 aromatic carbocycles. The summed E-state index contributed by atoms with van der Waals surface area (Å²) in [6, 6.07) is 5.58. The lowest BCUT2D eigenvalue weighted by atomic mass is 10.1. The monoisotopic (exact) mass is 359 g/mol. The molecule has 0 radical (unpaired) electrons. The van der Waals surface area contributed by atoms with Crippen molar-refractivity contribution in [2.45, 2.75) is 6.42 Å². The Labute approximate surface area is 114 Å². The molecule has 16 heavy (non-hydrogen) atoms. The van der Waals surface area contributed by atoms with E-state index in [1.807, 2.05) is 18.2 Å². The van der Waals surface area contributed by atoms with Gasteiger partial charge < -0.3 is 0 Å². The topological polar surface area (TPSA) is 30.0 Å². The van der Waals surface area contributed by atoms with Gasteiger partial charge in [-0.15, -0.1) is 11.3 Å². The lowest BCUT2D eigenvalue weighted by molar-refractivity contribution is 0.0996. The van der Waals surface area contributed by atoms with E-state index in [0.29, 0.717) is 6.42 Å². The van der Waals surface area contributed by atoms with Gasteiger partial charge in [0.1, 0.15) is 0 Å². The van der Waals surface area contributed by atoms with Crippen molar-refractivity contribution in [3.05, 3.63) is 49.3 Å². The smallest absolute Gasteiger partial charge is 0.177 e. The van der Waals surface area contributed by atoms with Crippen LogP contribution in [0.3, 0.4) is 0 Å². The van der Waals surface area contributed by atoms with Crippen LogP contribution in [0.2, 0.25) is 0 Å². The normalized spacial score (nSPS) is 10.4. The zero-order valence-electron chi connectivity index (χ0n) is 8.11. The highest BCUT2D eigenvalue weighted by Crippen LogP contribution is 2.32. The molecule has 0 N–H and O–H groups in total. The predicted molar refractivity (Wildman–Crippen MR) is 72.0 cm³/mol. The molecule has 2 aromatic heterocycles. The number of thiophene rings is 1. The lowest BCUT2D eigenvalue weighted by Gasteiger charge is -1.97. The van der Waals surface area contributed by atoms with Crippen LogP contribution < -0.4 is 0 Å². The van der Waals surface area contributed by atoms with Crippen molar-refractivity contribution in [2.75, 3.05) is 0 Å². The van der Waals surface area contributed by atoms with E-state index in [4.69, 9.17) is 0 Å². The molecule has 0 bridgehead atoms. The van der Waals surface area contributed by atoms with Crippen molar-refractivity contribution in [3.8, 4) is 0 Å². The van der Waals surface area contributed by atoms with Crippen LogP contribution in [0.25, 0.3) is 0 Å². The Kier molecular flexibility index (Phi) is 3.89. The van der Waals surface area contributed by atoms with Gasteiger partial charge in [0.05, 0.1) is 8.66 Å². The number of rotatable bonds is 3. The number of hydrogen-bond acceptors (Lipinski definition) is 3. The molecule has 0 fully saturated rings. The molecule has 0 spiro atoms. The van der Waals surface area contributed by atoms with E-state index in [1.165, 1.54) is 11.3 Å². The van der Waals surface area contributed by atoms with Crippen molar-refractivity contribution >= 4 is 49.0 Å². The number of halogens is 2. The predicted octanol–water partition coefficient (Wildman–Crippen LogP) is 4.09. The molecular weight excluding hydrogens is 354 g/mol. The number of carbonyl (C=O) groups excluding carboxylic acids is 1. The first-order chi connectivity index (χ1) is 7.66. The van der Waals surface area contributed by atoms with Gasteiger partial charge in [-0.1, -0.05) is 6.07 Å². The number of Topliss-reactive ketones (excluding diaryl/α,β-unsaturated/α-hetero) is 1. The zero-order chi connectivity index (χ0) is 11.5. The number of hydrogen-bond donors (Lipinski definition) is 0. The molecule has 2 rings (SSSR count). The van der Waals surface area contributed by atoms with E-state index in [-0.39, 0.29) is 5.78 Å². The molecule has 2 nitrogen and oxygen atoms in total. The molecule has 0 amide bonds. The van der Waals surface area contributed by atoms with Gasteiger partial charge in [-0.2, -0.15) is 0 Å². The molecule has 0 aliphatic carbocycles. The Hall–Kier alpha value is -0.520. The maximum Gasteiger partial charge on any atom is 0.177 e. The average molecular weight is 361 g/mol. The van der Waals surface area contributed by atoms with E-state index < -0.39 is 0 Å². The summed E-state index contributed by atoms with van der Waals surface area (Å²) in [7, 11) is 0. The number of pyridine rings is 1. The fourth-order valence-electron chi connectivity index (χ4n) is 1.26. The van der Waals surface area contributed by atoms with Crippen LogP contribution in [-0.2, 0) is 6.42 Å². The van der Waals surface area contributed by atoms with Gasteiger partial charge in [0.2, 0.25) is 0 Å². The summed E-state index contributed by atoms with van der Waals surface area (Å²) in [6.45, 7) is 0. The molecule has 0 saturated carbocycles. The van der Waals surface area contributed by atoms with Crippen molar-refractivity contribution in [3.63, 3.8) is 0 Å². The van der Waals surface area contributed by atoms with Crippen molar-refractivity contribution in [2.24, 2.45) is 0 Å². The van der Waals surface area contributed by atoms with Gasteiger partial charge in [-0.05, 0) is 49.6 Å². The Bertz CT molecular complexity index is 490. The van der Waals surface area contributed by atoms with E-state index in [9.17, 15) is 4.79 Å². The molecular formula is C11H7Br2NOS. The first kappa shape index (κ1) is 12.0. The summed E-state index contributed by atoms with van der Waals surface area (Å²) in [5, 5.41) is 0. The van der Waals surface area contributed by atoms with Crippen molar-refractivity contribution in [1.82, 2.24) is 4.98 Å². The van der Waals surface area contributed by atoms with Crippen LogP contribution in [-0.4, -0.2) is 10.8 Å². The molecule has 0 atom stereocenters. The van der Waals surface area contributed by atoms with E-state index in [1.54, 1.807) is 12.4 Å². The molecule has 5 heteroatoms. The van der Waals surface area contributed by atoms with E-state index in [2.05, 4.69) is 36.8 Å². The third kappa shape index (κ3) is 2.78. The van der Waals surface area contributed by atoms with Crippen LogP contribution >= 0.6 is 43.2 Å². The summed E-state index contributed by atoms with van der Waals surface area (Å²) >= 11 is 8.19. The zero-order valence-corrected chi connectivity index (χ0v) is 12.1. The fourth-order valence-corrected chi connectivity index (χ4v) is 3.23. The number of aromatic nitrogens is 1. The quantitative estimate of drug-likeness (QED) is 0.771. The summed E-state index contributed by atoms with van der Waals surface area (Å²) in [5.41, 5.74) is 0.938. The van der Waals surface area contributed by atoms with Gasteiger partial charge in [0.25, 0.3) is 0 Å². The Morgan fingerprint density at radius 3 is 2.81 bits per heavy atom. The summed E-state index contributed by atoms with van der Waals surface area (Å²) in [4.78, 5) is 16.7. The van der Waals surface area contributed by atoms with Crippen LogP contribution in [0.4, 0.5) is 0 Å². The second-order valence-electron chi connectivity index (χ2n) is 3.19. The second kappa shape index (κ2) is 5.21. The van der Waals surface area contributed by atoms with Gasteiger partial charge in [-0.3, -0.25) is 9.78 Å². The highest BCUT2D eigenvalue weighted by atomic mass is 79.9. The third-order valence-electron chi connectivity index (χ3n) is 2.01. The van der Waals surface area contributed by atoms with Gasteiger partial charge in [-0.25, -0.2) is 0 Å². The van der Waals surface area contributed by atoms with Crippen LogP contribution in [0.5, 0.6) is 0 Å². The Balaban J connectivity index is 2.15. The van der Waals surface area contributed by atoms with E-state index in [0.717, 1.165) is 18.7 Å². The molecule has 0 aliphatic rings. The summed E-state index contributed by atoms with van der Waals surface area (Å²) in [5.74, 6) is 0.115. The van der Waals surface area contributed by atoms with Gasteiger partial charge in [0, 0.05) is 23.3 Å². The van der Waals surface area contributed by atoms with Gasteiger partial charge in [0.15, 0.2) is 5.78 Å². The van der Waals surface area contributed by atoms with Crippen LogP contribution in [0, 0.1) is 0 Å². The molecule has 0 aliphatic heterocycles. The Morgan fingerprint density at radius 1 is 1.44 bits per heavy atom. The maximum absolute atomic E-state index is 11.9. The van der Waals surface area contributed by atoms with Crippen molar-refractivity contribution in [1.29, 1.82) is 0 Å². The third-order valence-corrected chi connectivity index (χ3v) is 5.30. The molecule has 2 aromatic rings. The summed E-state index contributed by atoms with van der Waals surface area (Å²) in [6.07, 6.45) is 3.81. The maximum atomic E-state index is 11.9. The first-order valence-corrected chi connectivity index (χ1v) is 6.94. The molecule has 82 valence electrons. The fraction of sp³-hybridized carbons (Fsp3) is 0.0909. The molecule has 0 unspecified atom stereocenters. The van der Waals surface area contributed by atoms with Crippen LogP contribution in [0.1, 0.15) is 15.2 Å². The largest absolute Gasteiger partial charge is 0.293 e.